The molecule has 0 unspecified atom stereocenters. The lowest BCUT2D eigenvalue weighted by Crippen LogP contribution is -2.21. The molecule has 2 heteroatoms. The second kappa shape index (κ2) is 4.54. The van der Waals surface area contributed by atoms with Gasteiger partial charge in [-0.2, -0.15) is 0 Å². The van der Waals surface area contributed by atoms with Gasteiger partial charge in [0.2, 0.25) is 0 Å². The molecule has 2 nitrogen and oxygen atoms in total. The van der Waals surface area contributed by atoms with Crippen LogP contribution in [0.4, 0.5) is 0 Å². The van der Waals surface area contributed by atoms with E-state index >= 15 is 0 Å². The Morgan fingerprint density at radius 3 is 3.08 bits per heavy atom. The first kappa shape index (κ1) is 8.78. The van der Waals surface area contributed by atoms with Crippen molar-refractivity contribution < 1.29 is 0 Å². The second-order valence-electron chi connectivity index (χ2n) is 2.24. The summed E-state index contributed by atoms with van der Waals surface area (Å²) < 4.78 is 0. The van der Waals surface area contributed by atoms with Gasteiger partial charge in [-0.25, -0.2) is 4.99 Å². The van der Waals surface area contributed by atoms with Gasteiger partial charge in [-0.1, -0.05) is 26.0 Å². The van der Waals surface area contributed by atoms with Crippen LogP contribution < -0.4 is 10.7 Å². The van der Waals surface area contributed by atoms with Gasteiger partial charge in [0.05, 0.1) is 0 Å². The van der Waals surface area contributed by atoms with E-state index in [4.69, 9.17) is 0 Å². The SMILES string of the molecule is C1=CN=c2[nH]ccc2=CC1.CC. The van der Waals surface area contributed by atoms with E-state index in [0.717, 1.165) is 11.9 Å². The molecule has 0 fully saturated rings. The molecule has 0 atom stereocenters. The lowest BCUT2D eigenvalue weighted by molar-refractivity contribution is 1.18. The standard InChI is InChI=1S/C8H8N2.C2H6/c1-2-5-9-8-7(3-1)4-6-10-8;1-2/h2-6H,1H2,(H,9,10);1-2H3. The van der Waals surface area contributed by atoms with Crippen molar-refractivity contribution in [1.29, 1.82) is 0 Å². The van der Waals surface area contributed by atoms with Gasteiger partial charge in [0.1, 0.15) is 5.49 Å². The van der Waals surface area contributed by atoms with Crippen LogP contribution in [0.1, 0.15) is 20.3 Å². The molecule has 0 saturated carbocycles. The number of nitrogens with one attached hydrogen (secondary N) is 1. The number of allylic oxidation sites excluding steroid dienone is 1. The molecule has 2 heterocycles. The molecule has 0 saturated heterocycles. The number of aromatic nitrogens is 1. The minimum atomic E-state index is 0.966. The molecule has 0 spiro atoms. The van der Waals surface area contributed by atoms with E-state index in [2.05, 4.69) is 16.1 Å². The van der Waals surface area contributed by atoms with Crippen LogP contribution in [0.2, 0.25) is 0 Å². The lowest BCUT2D eigenvalue weighted by atomic mass is 10.3. The van der Waals surface area contributed by atoms with Crippen LogP contribution in [-0.4, -0.2) is 4.98 Å². The highest BCUT2D eigenvalue weighted by molar-refractivity contribution is 5.25. The van der Waals surface area contributed by atoms with Gasteiger partial charge in [0.25, 0.3) is 0 Å². The Morgan fingerprint density at radius 1 is 1.42 bits per heavy atom. The summed E-state index contributed by atoms with van der Waals surface area (Å²) in [6.07, 6.45) is 8.91. The molecule has 0 bridgehead atoms. The van der Waals surface area contributed by atoms with Crippen molar-refractivity contribution in [3.63, 3.8) is 0 Å². The predicted octanol–water partition coefficient (Wildman–Crippen LogP) is 1.36. The van der Waals surface area contributed by atoms with Crippen LogP contribution in [0.5, 0.6) is 0 Å². The van der Waals surface area contributed by atoms with E-state index in [1.54, 1.807) is 0 Å². The Balaban J connectivity index is 0.000000336. The first-order valence-electron chi connectivity index (χ1n) is 4.33. The minimum Gasteiger partial charge on any atom is -0.346 e. The maximum Gasteiger partial charge on any atom is 0.136 e. The van der Waals surface area contributed by atoms with Gasteiger partial charge in [0.15, 0.2) is 0 Å². The van der Waals surface area contributed by atoms with Crippen LogP contribution in [0, 0.1) is 0 Å². The van der Waals surface area contributed by atoms with Gasteiger partial charge < -0.3 is 4.98 Å². The smallest absolute Gasteiger partial charge is 0.136 e. The molecule has 64 valence electrons. The molecular weight excluding hydrogens is 148 g/mol. The maximum absolute atomic E-state index is 4.18. The van der Waals surface area contributed by atoms with E-state index in [0.29, 0.717) is 0 Å². The Kier molecular flexibility index (Phi) is 3.33. The molecule has 0 aromatic carbocycles. The van der Waals surface area contributed by atoms with E-state index in [1.165, 1.54) is 5.22 Å². The van der Waals surface area contributed by atoms with Gasteiger partial charge >= 0.3 is 0 Å². The van der Waals surface area contributed by atoms with Crippen LogP contribution in [0.3, 0.4) is 0 Å². The van der Waals surface area contributed by atoms with Crippen molar-refractivity contribution >= 4 is 6.08 Å². The third kappa shape index (κ3) is 1.84. The minimum absolute atomic E-state index is 0.966. The number of hydrogen-bond donors (Lipinski definition) is 1. The zero-order valence-corrected chi connectivity index (χ0v) is 7.54. The number of nitrogens with zero attached hydrogens (tertiary/aromatic N) is 1. The molecular formula is C10H14N2. The van der Waals surface area contributed by atoms with Crippen molar-refractivity contribution in [3.8, 4) is 0 Å². The number of fused-ring (bicyclic) bond motifs is 1. The summed E-state index contributed by atoms with van der Waals surface area (Å²) >= 11 is 0. The lowest BCUT2D eigenvalue weighted by Gasteiger charge is -1.71. The van der Waals surface area contributed by atoms with Crippen LogP contribution in [0.15, 0.2) is 29.5 Å². The quantitative estimate of drug-likeness (QED) is 0.596. The fourth-order valence-corrected chi connectivity index (χ4v) is 1.03. The first-order chi connectivity index (χ1) is 5.97. The van der Waals surface area contributed by atoms with Crippen molar-refractivity contribution in [1.82, 2.24) is 4.98 Å². The summed E-state index contributed by atoms with van der Waals surface area (Å²) in [6.45, 7) is 4.00. The highest BCUT2D eigenvalue weighted by Crippen LogP contribution is 1.86. The van der Waals surface area contributed by atoms with Gasteiger partial charge in [-0.3, -0.25) is 0 Å². The van der Waals surface area contributed by atoms with E-state index in [1.807, 2.05) is 38.4 Å². The third-order valence-electron chi connectivity index (χ3n) is 1.54. The Labute approximate surface area is 72.3 Å². The molecule has 1 aromatic rings. The van der Waals surface area contributed by atoms with Gasteiger partial charge in [-0.15, -0.1) is 0 Å². The van der Waals surface area contributed by atoms with Crippen LogP contribution >= 0.6 is 0 Å². The zero-order valence-electron chi connectivity index (χ0n) is 7.54. The number of rotatable bonds is 0. The average Bonchev–Trinajstić information content (AvgIpc) is 2.46. The fraction of sp³-hybridized carbons (Fsp3) is 0.300. The maximum atomic E-state index is 4.18. The topological polar surface area (TPSA) is 28.1 Å². The summed E-state index contributed by atoms with van der Waals surface area (Å²) in [5.74, 6) is 0. The molecule has 0 radical (unpaired) electrons. The van der Waals surface area contributed by atoms with E-state index in [9.17, 15) is 0 Å². The fourth-order valence-electron chi connectivity index (χ4n) is 1.03. The highest BCUT2D eigenvalue weighted by Gasteiger charge is 1.87. The molecule has 1 aliphatic rings. The summed E-state index contributed by atoms with van der Waals surface area (Å²) in [5, 5.41) is 1.20. The van der Waals surface area contributed by atoms with E-state index in [-0.39, 0.29) is 0 Å². The Bertz CT molecular complexity index is 357. The Morgan fingerprint density at radius 2 is 2.25 bits per heavy atom. The first-order valence-corrected chi connectivity index (χ1v) is 4.33. The molecule has 1 aliphatic heterocycles. The predicted molar refractivity (Wildman–Crippen MR) is 51.1 cm³/mol. The molecule has 1 aromatic heterocycles. The third-order valence-corrected chi connectivity index (χ3v) is 1.54. The summed E-state index contributed by atoms with van der Waals surface area (Å²) in [4.78, 5) is 7.23. The van der Waals surface area contributed by atoms with Crippen LogP contribution in [0.25, 0.3) is 6.08 Å². The molecule has 1 N–H and O–H groups in total. The zero-order chi connectivity index (χ0) is 8.81. The normalized spacial score (nSPS) is 12.8. The van der Waals surface area contributed by atoms with Crippen molar-refractivity contribution in [2.45, 2.75) is 20.3 Å². The number of aromatic amines is 1. The summed E-state index contributed by atoms with van der Waals surface area (Å²) in [6, 6.07) is 2.03. The monoisotopic (exact) mass is 162 g/mol. The number of hydrogen-bond acceptors (Lipinski definition) is 1. The summed E-state index contributed by atoms with van der Waals surface area (Å²) in [7, 11) is 0. The number of H-pyrrole nitrogens is 1. The van der Waals surface area contributed by atoms with Crippen molar-refractivity contribution in [3.05, 3.63) is 35.2 Å². The average molecular weight is 162 g/mol. The highest BCUT2D eigenvalue weighted by atomic mass is 14.8. The Hall–Kier alpha value is -1.31. The van der Waals surface area contributed by atoms with Crippen LogP contribution in [-0.2, 0) is 0 Å². The van der Waals surface area contributed by atoms with Crippen molar-refractivity contribution in [2.24, 2.45) is 4.99 Å². The van der Waals surface area contributed by atoms with E-state index < -0.39 is 0 Å². The summed E-state index contributed by atoms with van der Waals surface area (Å²) in [5.41, 5.74) is 0.966. The second-order valence-corrected chi connectivity index (χ2v) is 2.24. The largest absolute Gasteiger partial charge is 0.346 e. The van der Waals surface area contributed by atoms with Gasteiger partial charge in [-0.05, 0) is 12.5 Å². The van der Waals surface area contributed by atoms with Gasteiger partial charge in [0, 0.05) is 17.6 Å². The molecule has 0 aliphatic carbocycles. The molecule has 0 amide bonds. The molecule has 12 heavy (non-hydrogen) atoms. The molecule has 2 rings (SSSR count). The van der Waals surface area contributed by atoms with Crippen molar-refractivity contribution in [2.75, 3.05) is 0 Å².